The lowest BCUT2D eigenvalue weighted by atomic mass is 10.1. The standard InChI is InChI=1S/C13H15NO2/c1-9-3-5-10(6-4-9)11-7-8-12(14-11)13(15)16-2/h3-6,12H,7-8H2,1-2H3/t12-/m0/s1. The van der Waals surface area contributed by atoms with E-state index in [2.05, 4.69) is 24.0 Å². The number of nitrogens with zero attached hydrogens (tertiary/aromatic N) is 1. The van der Waals surface area contributed by atoms with Gasteiger partial charge < -0.3 is 4.74 Å². The molecule has 1 atom stereocenters. The third-order valence-corrected chi connectivity index (χ3v) is 2.82. The number of esters is 1. The number of hydrogen-bond donors (Lipinski definition) is 0. The molecule has 0 aromatic heterocycles. The van der Waals surface area contributed by atoms with Gasteiger partial charge in [0.05, 0.1) is 7.11 Å². The molecule has 3 nitrogen and oxygen atoms in total. The summed E-state index contributed by atoms with van der Waals surface area (Å²) < 4.78 is 4.69. The predicted molar refractivity (Wildman–Crippen MR) is 62.8 cm³/mol. The van der Waals surface area contributed by atoms with Crippen LogP contribution in [0.1, 0.15) is 24.0 Å². The molecule has 84 valence electrons. The zero-order valence-electron chi connectivity index (χ0n) is 9.56. The molecule has 0 saturated heterocycles. The largest absolute Gasteiger partial charge is 0.467 e. The van der Waals surface area contributed by atoms with E-state index in [4.69, 9.17) is 4.74 Å². The lowest BCUT2D eigenvalue weighted by Crippen LogP contribution is -2.16. The summed E-state index contributed by atoms with van der Waals surface area (Å²) in [6.07, 6.45) is 1.61. The second-order valence-electron chi connectivity index (χ2n) is 4.02. The molecule has 0 bridgehead atoms. The minimum atomic E-state index is -0.304. The van der Waals surface area contributed by atoms with Gasteiger partial charge in [0, 0.05) is 5.71 Å². The van der Waals surface area contributed by atoms with Gasteiger partial charge in [0.25, 0.3) is 0 Å². The second-order valence-corrected chi connectivity index (χ2v) is 4.02. The van der Waals surface area contributed by atoms with Gasteiger partial charge in [0.1, 0.15) is 6.04 Å². The highest BCUT2D eigenvalue weighted by molar-refractivity contribution is 6.03. The number of aliphatic imine (C=N–C) groups is 1. The molecule has 3 heteroatoms. The Morgan fingerprint density at radius 2 is 2.06 bits per heavy atom. The van der Waals surface area contributed by atoms with Crippen LogP contribution >= 0.6 is 0 Å². The Morgan fingerprint density at radius 3 is 2.69 bits per heavy atom. The molecule has 16 heavy (non-hydrogen) atoms. The number of carbonyl (C=O) groups is 1. The van der Waals surface area contributed by atoms with E-state index in [-0.39, 0.29) is 12.0 Å². The molecule has 0 unspecified atom stereocenters. The Morgan fingerprint density at radius 1 is 1.38 bits per heavy atom. The van der Waals surface area contributed by atoms with Crippen molar-refractivity contribution in [3.63, 3.8) is 0 Å². The van der Waals surface area contributed by atoms with Crippen molar-refractivity contribution in [2.75, 3.05) is 7.11 Å². The van der Waals surface area contributed by atoms with Crippen LogP contribution in [0.25, 0.3) is 0 Å². The molecular formula is C13H15NO2. The minimum absolute atomic E-state index is 0.234. The van der Waals surface area contributed by atoms with Gasteiger partial charge in [-0.25, -0.2) is 4.79 Å². The summed E-state index contributed by atoms with van der Waals surface area (Å²) in [5.41, 5.74) is 3.35. The van der Waals surface area contributed by atoms with Crippen molar-refractivity contribution < 1.29 is 9.53 Å². The van der Waals surface area contributed by atoms with Crippen LogP contribution in [0.5, 0.6) is 0 Å². The van der Waals surface area contributed by atoms with Crippen LogP contribution in [-0.4, -0.2) is 24.8 Å². The highest BCUT2D eigenvalue weighted by Gasteiger charge is 2.25. The zero-order chi connectivity index (χ0) is 11.5. The monoisotopic (exact) mass is 217 g/mol. The fourth-order valence-electron chi connectivity index (χ4n) is 1.86. The Kier molecular flexibility index (Phi) is 3.04. The van der Waals surface area contributed by atoms with E-state index >= 15 is 0 Å². The van der Waals surface area contributed by atoms with E-state index in [1.54, 1.807) is 0 Å². The number of ether oxygens (including phenoxy) is 1. The minimum Gasteiger partial charge on any atom is -0.467 e. The lowest BCUT2D eigenvalue weighted by molar-refractivity contribution is -0.141. The maximum absolute atomic E-state index is 11.3. The Balaban J connectivity index is 2.17. The van der Waals surface area contributed by atoms with Crippen LogP contribution in [0, 0.1) is 6.92 Å². The first-order valence-electron chi connectivity index (χ1n) is 5.42. The summed E-state index contributed by atoms with van der Waals surface area (Å²) in [6.45, 7) is 2.05. The van der Waals surface area contributed by atoms with Gasteiger partial charge in [0.15, 0.2) is 0 Å². The Labute approximate surface area is 95.2 Å². The smallest absolute Gasteiger partial charge is 0.330 e. The Hall–Kier alpha value is -1.64. The molecule has 0 radical (unpaired) electrons. The SMILES string of the molecule is COC(=O)[C@@H]1CCC(c2ccc(C)cc2)=N1. The number of carbonyl (C=O) groups excluding carboxylic acids is 1. The third-order valence-electron chi connectivity index (χ3n) is 2.82. The van der Waals surface area contributed by atoms with Gasteiger partial charge in [0.2, 0.25) is 0 Å². The van der Waals surface area contributed by atoms with Crippen molar-refractivity contribution in [2.45, 2.75) is 25.8 Å². The highest BCUT2D eigenvalue weighted by Crippen LogP contribution is 2.19. The summed E-state index contributed by atoms with van der Waals surface area (Å²) in [6, 6.07) is 7.91. The predicted octanol–water partition coefficient (Wildman–Crippen LogP) is 2.12. The number of rotatable bonds is 2. The number of aryl methyl sites for hydroxylation is 1. The van der Waals surface area contributed by atoms with Crippen LogP contribution in [-0.2, 0) is 9.53 Å². The van der Waals surface area contributed by atoms with Gasteiger partial charge in [-0.1, -0.05) is 29.8 Å². The highest BCUT2D eigenvalue weighted by atomic mass is 16.5. The van der Waals surface area contributed by atoms with Gasteiger partial charge in [-0.2, -0.15) is 0 Å². The lowest BCUT2D eigenvalue weighted by Gasteiger charge is -2.02. The average Bonchev–Trinajstić information content (AvgIpc) is 2.78. The molecular weight excluding hydrogens is 202 g/mol. The summed E-state index contributed by atoms with van der Waals surface area (Å²) in [5.74, 6) is -0.234. The third kappa shape index (κ3) is 2.13. The number of hydrogen-bond acceptors (Lipinski definition) is 3. The van der Waals surface area contributed by atoms with Crippen LogP contribution in [0.15, 0.2) is 29.3 Å². The van der Waals surface area contributed by atoms with Crippen molar-refractivity contribution in [1.29, 1.82) is 0 Å². The summed E-state index contributed by atoms with van der Waals surface area (Å²) in [4.78, 5) is 15.7. The summed E-state index contributed by atoms with van der Waals surface area (Å²) >= 11 is 0. The van der Waals surface area contributed by atoms with Crippen LogP contribution in [0.4, 0.5) is 0 Å². The van der Waals surface area contributed by atoms with Gasteiger partial charge in [-0.15, -0.1) is 0 Å². The van der Waals surface area contributed by atoms with Crippen molar-refractivity contribution in [3.05, 3.63) is 35.4 Å². The average molecular weight is 217 g/mol. The van der Waals surface area contributed by atoms with E-state index in [0.29, 0.717) is 0 Å². The quantitative estimate of drug-likeness (QED) is 0.712. The molecule has 0 aliphatic carbocycles. The normalized spacial score (nSPS) is 19.4. The maximum atomic E-state index is 11.3. The van der Waals surface area contributed by atoms with Crippen LogP contribution in [0.2, 0.25) is 0 Å². The van der Waals surface area contributed by atoms with E-state index in [1.807, 2.05) is 12.1 Å². The Bertz CT molecular complexity index is 420. The van der Waals surface area contributed by atoms with Crippen molar-refractivity contribution in [1.82, 2.24) is 0 Å². The summed E-state index contributed by atoms with van der Waals surface area (Å²) in [7, 11) is 1.40. The molecule has 0 amide bonds. The van der Waals surface area contributed by atoms with E-state index in [9.17, 15) is 4.79 Å². The number of benzene rings is 1. The molecule has 0 saturated carbocycles. The van der Waals surface area contributed by atoms with Crippen molar-refractivity contribution in [3.8, 4) is 0 Å². The van der Waals surface area contributed by atoms with E-state index < -0.39 is 0 Å². The van der Waals surface area contributed by atoms with Crippen LogP contribution < -0.4 is 0 Å². The first-order chi connectivity index (χ1) is 7.70. The first kappa shape index (κ1) is 10.9. The molecule has 0 N–H and O–H groups in total. The van der Waals surface area contributed by atoms with Crippen LogP contribution in [0.3, 0.4) is 0 Å². The fourth-order valence-corrected chi connectivity index (χ4v) is 1.86. The molecule has 0 fully saturated rings. The molecule has 1 aromatic carbocycles. The molecule has 0 spiro atoms. The maximum Gasteiger partial charge on any atom is 0.330 e. The van der Waals surface area contributed by atoms with Gasteiger partial charge >= 0.3 is 5.97 Å². The van der Waals surface area contributed by atoms with Crippen molar-refractivity contribution >= 4 is 11.7 Å². The van der Waals surface area contributed by atoms with E-state index in [0.717, 1.165) is 24.1 Å². The molecule has 1 heterocycles. The molecule has 1 aliphatic rings. The fraction of sp³-hybridized carbons (Fsp3) is 0.385. The number of methoxy groups -OCH3 is 1. The molecule has 1 aliphatic heterocycles. The van der Waals surface area contributed by atoms with Gasteiger partial charge in [-0.3, -0.25) is 4.99 Å². The first-order valence-corrected chi connectivity index (χ1v) is 5.42. The molecule has 2 rings (SSSR count). The molecule has 1 aromatic rings. The van der Waals surface area contributed by atoms with E-state index in [1.165, 1.54) is 12.7 Å². The van der Waals surface area contributed by atoms with Crippen molar-refractivity contribution in [2.24, 2.45) is 4.99 Å². The second kappa shape index (κ2) is 4.47. The van der Waals surface area contributed by atoms with Gasteiger partial charge in [-0.05, 0) is 25.3 Å². The summed E-state index contributed by atoms with van der Waals surface area (Å²) in [5, 5.41) is 0. The topological polar surface area (TPSA) is 38.7 Å². The zero-order valence-corrected chi connectivity index (χ0v) is 9.56.